The van der Waals surface area contributed by atoms with Crippen molar-refractivity contribution in [2.24, 2.45) is 28.9 Å². The summed E-state index contributed by atoms with van der Waals surface area (Å²) in [6.45, 7) is 9.96. The van der Waals surface area contributed by atoms with Crippen LogP contribution >= 0.6 is 0 Å². The summed E-state index contributed by atoms with van der Waals surface area (Å²) in [7, 11) is 0. The highest BCUT2D eigenvalue weighted by Crippen LogP contribution is 2.60. The topological polar surface area (TPSA) is 98.0 Å². The van der Waals surface area contributed by atoms with Gasteiger partial charge in [-0.25, -0.2) is 9.78 Å². The molecule has 4 aliphatic carbocycles. The van der Waals surface area contributed by atoms with E-state index in [9.17, 15) is 9.59 Å². The van der Waals surface area contributed by atoms with Crippen LogP contribution in [0.15, 0.2) is 42.6 Å². The highest BCUT2D eigenvalue weighted by molar-refractivity contribution is 5.98. The van der Waals surface area contributed by atoms with Crippen LogP contribution in [0.3, 0.4) is 0 Å². The quantitative estimate of drug-likeness (QED) is 0.578. The maximum absolute atomic E-state index is 13.8. The summed E-state index contributed by atoms with van der Waals surface area (Å²) in [5, 5.41) is 3.43. The molecule has 2 aliphatic heterocycles. The first kappa shape index (κ1) is 26.6. The molecule has 1 saturated heterocycles. The molecule has 9 nitrogen and oxygen atoms in total. The van der Waals surface area contributed by atoms with Crippen molar-refractivity contribution < 1.29 is 9.59 Å². The lowest BCUT2D eigenvalue weighted by molar-refractivity contribution is -0.145. The first-order valence-electron chi connectivity index (χ1n) is 15.5. The molecule has 0 radical (unpaired) electrons. The number of piperazine rings is 1. The third-order valence-corrected chi connectivity index (χ3v) is 10.8. The third kappa shape index (κ3) is 4.62. The normalized spacial score (nSPS) is 31.0. The maximum Gasteiger partial charge on any atom is 0.322 e. The number of amides is 3. The molecule has 3 unspecified atom stereocenters. The molecule has 5 atom stereocenters. The van der Waals surface area contributed by atoms with E-state index in [1.54, 1.807) is 0 Å². The smallest absolute Gasteiger partial charge is 0.322 e. The standard InChI is InChI=1S/C32H43N7O2/c1-21(2)36-9-11-37(12-10-36)25-7-8-28(34-20-25)38-13-14-39(27-6-4-3-5-26(27)38)31(41)35-29-23-15-22-16-24(29)19-32(17-22,18-23)30(33)40/h3-8,20-24,29H,9-19H2,1-2H3,(H2,33,40)(H,35,41)/t22?,23-,24+,29?,32?. The molecular weight excluding hydrogens is 514 g/mol. The van der Waals surface area contributed by atoms with E-state index in [4.69, 9.17) is 10.7 Å². The highest BCUT2D eigenvalue weighted by atomic mass is 16.2. The van der Waals surface area contributed by atoms with E-state index < -0.39 is 0 Å². The minimum Gasteiger partial charge on any atom is -0.369 e. The molecule has 4 saturated carbocycles. The number of hydrogen-bond donors (Lipinski definition) is 2. The van der Waals surface area contributed by atoms with Crippen molar-refractivity contribution in [3.05, 3.63) is 42.6 Å². The molecule has 8 rings (SSSR count). The molecule has 2 aromatic rings. The molecule has 3 heterocycles. The van der Waals surface area contributed by atoms with Gasteiger partial charge in [0.2, 0.25) is 5.91 Å². The van der Waals surface area contributed by atoms with Gasteiger partial charge in [0.15, 0.2) is 0 Å². The number of nitrogens with zero attached hydrogens (tertiary/aromatic N) is 5. The largest absolute Gasteiger partial charge is 0.369 e. The number of anilines is 4. The van der Waals surface area contributed by atoms with Crippen LogP contribution in [0, 0.1) is 23.2 Å². The number of fused-ring (bicyclic) bond motifs is 1. The Kier molecular flexibility index (Phi) is 6.60. The average Bonchev–Trinajstić information content (AvgIpc) is 2.98. The number of benzene rings is 1. The average molecular weight is 558 g/mol. The van der Waals surface area contributed by atoms with Gasteiger partial charge in [-0.1, -0.05) is 12.1 Å². The van der Waals surface area contributed by atoms with E-state index in [2.05, 4.69) is 52.1 Å². The van der Waals surface area contributed by atoms with Crippen LogP contribution in [0.1, 0.15) is 46.0 Å². The summed E-state index contributed by atoms with van der Waals surface area (Å²) in [5.41, 5.74) is 8.60. The van der Waals surface area contributed by atoms with Gasteiger partial charge >= 0.3 is 6.03 Å². The van der Waals surface area contributed by atoms with Gasteiger partial charge in [-0.05, 0) is 88.0 Å². The lowest BCUT2D eigenvalue weighted by Gasteiger charge is -2.59. The first-order chi connectivity index (χ1) is 19.8. The van der Waals surface area contributed by atoms with Crippen LogP contribution in [0.2, 0.25) is 0 Å². The Balaban J connectivity index is 1.05. The second kappa shape index (κ2) is 10.2. The molecule has 6 aliphatic rings. The monoisotopic (exact) mass is 557 g/mol. The molecule has 1 aromatic heterocycles. The number of pyridine rings is 1. The lowest BCUT2D eigenvalue weighted by Crippen LogP contribution is -2.63. The first-order valence-corrected chi connectivity index (χ1v) is 15.5. The van der Waals surface area contributed by atoms with E-state index in [0.717, 1.165) is 81.2 Å². The van der Waals surface area contributed by atoms with E-state index >= 15 is 0 Å². The van der Waals surface area contributed by atoms with E-state index in [1.165, 1.54) is 0 Å². The number of urea groups is 1. The molecule has 4 bridgehead atoms. The van der Waals surface area contributed by atoms with Gasteiger partial charge in [-0.3, -0.25) is 14.6 Å². The van der Waals surface area contributed by atoms with Crippen molar-refractivity contribution in [3.8, 4) is 0 Å². The van der Waals surface area contributed by atoms with Gasteiger partial charge in [0.1, 0.15) is 5.82 Å². The second-order valence-corrected chi connectivity index (χ2v) is 13.4. The van der Waals surface area contributed by atoms with Crippen LogP contribution < -0.4 is 25.8 Å². The zero-order chi connectivity index (χ0) is 28.3. The van der Waals surface area contributed by atoms with Gasteiger partial charge in [-0.15, -0.1) is 0 Å². The summed E-state index contributed by atoms with van der Waals surface area (Å²) >= 11 is 0. The Morgan fingerprint density at radius 2 is 1.63 bits per heavy atom. The predicted molar refractivity (Wildman–Crippen MR) is 161 cm³/mol. The van der Waals surface area contributed by atoms with E-state index in [-0.39, 0.29) is 23.4 Å². The van der Waals surface area contributed by atoms with Crippen LogP contribution in [0.25, 0.3) is 0 Å². The van der Waals surface area contributed by atoms with Gasteiger partial charge in [0.05, 0.1) is 23.3 Å². The van der Waals surface area contributed by atoms with Gasteiger partial charge in [0, 0.05) is 56.8 Å². The molecule has 0 spiro atoms. The number of nitrogens with two attached hydrogens (primary N) is 1. The minimum absolute atomic E-state index is 0.0356. The van der Waals surface area contributed by atoms with Crippen LogP contribution in [-0.4, -0.2) is 73.2 Å². The van der Waals surface area contributed by atoms with Crippen molar-refractivity contribution in [2.75, 3.05) is 54.0 Å². The van der Waals surface area contributed by atoms with Gasteiger partial charge < -0.3 is 20.9 Å². The number of carbonyl (C=O) groups is 2. The SMILES string of the molecule is CC(C)N1CCN(c2ccc(N3CCN(C(=O)NC4[C@@H]5CC6C[C@H]4CC(C(N)=O)(C6)C5)c4ccccc43)nc2)CC1. The minimum atomic E-state index is -0.346. The molecular formula is C32H43N7O2. The molecule has 1 aromatic carbocycles. The molecule has 41 heavy (non-hydrogen) atoms. The Bertz CT molecular complexity index is 1290. The lowest BCUT2D eigenvalue weighted by atomic mass is 9.47. The number of rotatable bonds is 5. The summed E-state index contributed by atoms with van der Waals surface area (Å²) in [6, 6.07) is 13.1. The number of aromatic nitrogens is 1. The maximum atomic E-state index is 13.8. The Morgan fingerprint density at radius 3 is 2.27 bits per heavy atom. The predicted octanol–water partition coefficient (Wildman–Crippen LogP) is 3.96. The number of carbonyl (C=O) groups excluding carboxylic acids is 2. The number of para-hydroxylation sites is 2. The van der Waals surface area contributed by atoms with Crippen LogP contribution in [0.4, 0.5) is 27.7 Å². The molecule has 9 heteroatoms. The fraction of sp³-hybridized carbons (Fsp3) is 0.594. The Morgan fingerprint density at radius 1 is 0.927 bits per heavy atom. The van der Waals surface area contributed by atoms with Gasteiger partial charge in [0.25, 0.3) is 0 Å². The van der Waals surface area contributed by atoms with Crippen molar-refractivity contribution in [3.63, 3.8) is 0 Å². The molecule has 3 N–H and O–H groups in total. The Hall–Kier alpha value is -3.33. The summed E-state index contributed by atoms with van der Waals surface area (Å²) in [5.74, 6) is 2.01. The zero-order valence-corrected chi connectivity index (χ0v) is 24.3. The fourth-order valence-corrected chi connectivity index (χ4v) is 8.81. The van der Waals surface area contributed by atoms with Crippen molar-refractivity contribution in [1.29, 1.82) is 0 Å². The zero-order valence-electron chi connectivity index (χ0n) is 24.3. The van der Waals surface area contributed by atoms with Crippen LogP contribution in [-0.2, 0) is 4.79 Å². The number of nitrogens with one attached hydrogen (secondary N) is 1. The van der Waals surface area contributed by atoms with Crippen molar-refractivity contribution in [1.82, 2.24) is 15.2 Å². The number of hydrogen-bond acceptors (Lipinski definition) is 6. The highest BCUT2D eigenvalue weighted by Gasteiger charge is 2.58. The summed E-state index contributed by atoms with van der Waals surface area (Å²) in [6.07, 6.45) is 6.76. The van der Waals surface area contributed by atoms with Crippen molar-refractivity contribution >= 4 is 34.8 Å². The number of primary amides is 1. The van der Waals surface area contributed by atoms with Crippen LogP contribution in [0.5, 0.6) is 0 Å². The van der Waals surface area contributed by atoms with Crippen molar-refractivity contribution in [2.45, 2.75) is 58.0 Å². The molecule has 5 fully saturated rings. The fourth-order valence-electron chi connectivity index (χ4n) is 8.81. The third-order valence-electron chi connectivity index (χ3n) is 10.8. The van der Waals surface area contributed by atoms with Gasteiger partial charge in [-0.2, -0.15) is 0 Å². The molecule has 218 valence electrons. The second-order valence-electron chi connectivity index (χ2n) is 13.4. The Labute approximate surface area is 243 Å². The molecule has 3 amide bonds. The summed E-state index contributed by atoms with van der Waals surface area (Å²) in [4.78, 5) is 40.1. The van der Waals surface area contributed by atoms with E-state index in [0.29, 0.717) is 36.9 Å². The van der Waals surface area contributed by atoms with E-state index in [1.807, 2.05) is 29.3 Å². The summed E-state index contributed by atoms with van der Waals surface area (Å²) < 4.78 is 0.